The fourth-order valence-electron chi connectivity index (χ4n) is 3.70. The average molecular weight is 421 g/mol. The van der Waals surface area contributed by atoms with E-state index in [0.29, 0.717) is 0 Å². The number of anilines is 1. The molecule has 156 valence electrons. The fourth-order valence-corrected chi connectivity index (χ4v) is 4.33. The zero-order chi connectivity index (χ0) is 21.2. The molecule has 0 aliphatic heterocycles. The Hall–Kier alpha value is -2.92. The van der Waals surface area contributed by atoms with E-state index in [4.69, 9.17) is 0 Å². The van der Waals surface area contributed by atoms with E-state index in [0.717, 1.165) is 36.2 Å². The van der Waals surface area contributed by atoms with Gasteiger partial charge >= 0.3 is 0 Å². The number of fused-ring (bicyclic) bond motifs is 1. The molecule has 0 spiro atoms. The lowest BCUT2D eigenvalue weighted by Crippen LogP contribution is -2.33. The van der Waals surface area contributed by atoms with Crippen molar-refractivity contribution in [2.24, 2.45) is 0 Å². The molecule has 3 aromatic rings. The van der Waals surface area contributed by atoms with Crippen molar-refractivity contribution in [2.75, 3.05) is 5.32 Å². The monoisotopic (exact) mass is 420 g/mol. The van der Waals surface area contributed by atoms with E-state index in [1.54, 1.807) is 0 Å². The standard InChI is InChI=1S/C14H15NOS.C11H13NO/c1-11(10-12-6-3-2-4-7-12)15-14(16)13-8-5-9-17-13;13-8-12-11-7-3-5-9-4-1-2-6-10(9)11/h2-9,11H,10H2,1H3,(H,15,16);3,5,7-8H,1-2,4,6H2,(H,12,13). The van der Waals surface area contributed by atoms with Gasteiger partial charge in [-0.3, -0.25) is 9.59 Å². The van der Waals surface area contributed by atoms with Crippen LogP contribution < -0.4 is 10.6 Å². The van der Waals surface area contributed by atoms with Crippen LogP contribution in [0, 0.1) is 0 Å². The van der Waals surface area contributed by atoms with E-state index in [1.165, 1.54) is 40.9 Å². The van der Waals surface area contributed by atoms with Crippen molar-refractivity contribution in [1.82, 2.24) is 5.32 Å². The lowest BCUT2D eigenvalue weighted by atomic mass is 9.90. The second-order valence-corrected chi connectivity index (χ2v) is 8.40. The van der Waals surface area contributed by atoms with Crippen molar-refractivity contribution in [1.29, 1.82) is 0 Å². The largest absolute Gasteiger partial charge is 0.349 e. The zero-order valence-electron chi connectivity index (χ0n) is 17.3. The summed E-state index contributed by atoms with van der Waals surface area (Å²) in [4.78, 5) is 22.9. The van der Waals surface area contributed by atoms with Crippen LogP contribution in [-0.2, 0) is 24.1 Å². The van der Waals surface area contributed by atoms with Gasteiger partial charge in [0.25, 0.3) is 5.91 Å². The maximum absolute atomic E-state index is 11.8. The molecule has 2 N–H and O–H groups in total. The van der Waals surface area contributed by atoms with Gasteiger partial charge in [0.05, 0.1) is 4.88 Å². The third-order valence-corrected chi connectivity index (χ3v) is 5.99. The summed E-state index contributed by atoms with van der Waals surface area (Å²) < 4.78 is 0. The first-order chi connectivity index (χ1) is 14.7. The summed E-state index contributed by atoms with van der Waals surface area (Å²) in [7, 11) is 0. The van der Waals surface area contributed by atoms with Crippen LogP contribution in [0.3, 0.4) is 0 Å². The van der Waals surface area contributed by atoms with Gasteiger partial charge in [-0.2, -0.15) is 0 Å². The van der Waals surface area contributed by atoms with Crippen LogP contribution in [0.1, 0.15) is 46.1 Å². The van der Waals surface area contributed by atoms with Crippen molar-refractivity contribution in [3.63, 3.8) is 0 Å². The summed E-state index contributed by atoms with van der Waals surface area (Å²) in [6, 6.07) is 20.2. The highest BCUT2D eigenvalue weighted by Gasteiger charge is 2.12. The zero-order valence-corrected chi connectivity index (χ0v) is 18.1. The molecule has 30 heavy (non-hydrogen) atoms. The summed E-state index contributed by atoms with van der Waals surface area (Å²) in [5, 5.41) is 7.67. The molecule has 5 heteroatoms. The van der Waals surface area contributed by atoms with Crippen LogP contribution in [-0.4, -0.2) is 18.4 Å². The smallest absolute Gasteiger partial charge is 0.261 e. The molecule has 1 aliphatic carbocycles. The Kier molecular flexibility index (Phi) is 8.21. The van der Waals surface area contributed by atoms with E-state index in [1.807, 2.05) is 54.8 Å². The minimum atomic E-state index is 0.0171. The Morgan fingerprint density at radius 1 is 1.03 bits per heavy atom. The van der Waals surface area contributed by atoms with Gasteiger partial charge in [0.15, 0.2) is 0 Å². The molecule has 4 rings (SSSR count). The molecule has 4 nitrogen and oxygen atoms in total. The Balaban J connectivity index is 0.000000177. The SMILES string of the molecule is CC(Cc1ccccc1)NC(=O)c1cccs1.O=CNc1cccc2c1CCCC2. The number of nitrogens with one attached hydrogen (secondary N) is 2. The Labute approximate surface area is 182 Å². The van der Waals surface area contributed by atoms with Crippen LogP contribution >= 0.6 is 11.3 Å². The highest BCUT2D eigenvalue weighted by Crippen LogP contribution is 2.27. The fraction of sp³-hybridized carbons (Fsp3) is 0.280. The molecular weight excluding hydrogens is 392 g/mol. The van der Waals surface area contributed by atoms with Gasteiger partial charge < -0.3 is 10.6 Å². The first-order valence-electron chi connectivity index (χ1n) is 10.4. The topological polar surface area (TPSA) is 58.2 Å². The molecule has 1 atom stereocenters. The van der Waals surface area contributed by atoms with E-state index in [9.17, 15) is 9.59 Å². The van der Waals surface area contributed by atoms with Gasteiger partial charge in [-0.1, -0.05) is 48.5 Å². The second-order valence-electron chi connectivity index (χ2n) is 7.45. The van der Waals surface area contributed by atoms with Crippen LogP contribution in [0.4, 0.5) is 5.69 Å². The number of amides is 2. The number of hydrogen-bond acceptors (Lipinski definition) is 3. The minimum Gasteiger partial charge on any atom is -0.349 e. The van der Waals surface area contributed by atoms with E-state index in [-0.39, 0.29) is 11.9 Å². The number of carbonyl (C=O) groups is 2. The number of carbonyl (C=O) groups excluding carboxylic acids is 2. The van der Waals surface area contributed by atoms with Crippen LogP contribution in [0.2, 0.25) is 0 Å². The van der Waals surface area contributed by atoms with Gasteiger partial charge in [-0.05, 0) is 73.2 Å². The van der Waals surface area contributed by atoms with Crippen molar-refractivity contribution in [3.05, 3.63) is 87.6 Å². The molecular formula is C25H28N2O2S. The molecule has 0 saturated carbocycles. The first-order valence-corrected chi connectivity index (χ1v) is 11.2. The molecule has 2 amide bonds. The van der Waals surface area contributed by atoms with Crippen LogP contribution in [0.5, 0.6) is 0 Å². The summed E-state index contributed by atoms with van der Waals surface area (Å²) in [6.07, 6.45) is 6.39. The molecule has 1 heterocycles. The van der Waals surface area contributed by atoms with Crippen molar-refractivity contribution in [2.45, 2.75) is 45.1 Å². The molecule has 1 aromatic heterocycles. The molecule has 0 fully saturated rings. The van der Waals surface area contributed by atoms with Crippen molar-refractivity contribution < 1.29 is 9.59 Å². The van der Waals surface area contributed by atoms with Gasteiger partial charge in [0.2, 0.25) is 6.41 Å². The summed E-state index contributed by atoms with van der Waals surface area (Å²) in [6.45, 7) is 2.03. The lowest BCUT2D eigenvalue weighted by molar-refractivity contribution is -0.105. The van der Waals surface area contributed by atoms with Crippen LogP contribution in [0.15, 0.2) is 66.0 Å². The number of rotatable bonds is 6. The molecule has 1 unspecified atom stereocenters. The van der Waals surface area contributed by atoms with Crippen LogP contribution in [0.25, 0.3) is 0 Å². The predicted octanol–water partition coefficient (Wildman–Crippen LogP) is 5.24. The minimum absolute atomic E-state index is 0.0171. The number of thiophene rings is 1. The maximum Gasteiger partial charge on any atom is 0.261 e. The third kappa shape index (κ3) is 6.29. The van der Waals surface area contributed by atoms with Gasteiger partial charge in [0.1, 0.15) is 0 Å². The first kappa shape index (κ1) is 21.8. The molecule has 0 saturated heterocycles. The quantitative estimate of drug-likeness (QED) is 0.536. The summed E-state index contributed by atoms with van der Waals surface area (Å²) in [5.74, 6) is 0.0171. The molecule has 2 aromatic carbocycles. The third-order valence-electron chi connectivity index (χ3n) is 5.12. The normalized spacial score (nSPS) is 13.2. The Bertz CT molecular complexity index is 939. The Morgan fingerprint density at radius 2 is 1.83 bits per heavy atom. The number of hydrogen-bond donors (Lipinski definition) is 2. The van der Waals surface area contributed by atoms with Gasteiger partial charge in [-0.25, -0.2) is 0 Å². The van der Waals surface area contributed by atoms with E-state index < -0.39 is 0 Å². The second kappa shape index (κ2) is 11.3. The lowest BCUT2D eigenvalue weighted by Gasteiger charge is -2.18. The van der Waals surface area contributed by atoms with E-state index in [2.05, 4.69) is 28.8 Å². The van der Waals surface area contributed by atoms with Gasteiger partial charge in [-0.15, -0.1) is 11.3 Å². The molecule has 0 bridgehead atoms. The predicted molar refractivity (Wildman–Crippen MR) is 124 cm³/mol. The highest BCUT2D eigenvalue weighted by molar-refractivity contribution is 7.12. The maximum atomic E-state index is 11.8. The van der Waals surface area contributed by atoms with Crippen molar-refractivity contribution in [3.8, 4) is 0 Å². The van der Waals surface area contributed by atoms with Gasteiger partial charge in [0, 0.05) is 11.7 Å². The summed E-state index contributed by atoms with van der Waals surface area (Å²) >= 11 is 1.47. The average Bonchev–Trinajstić information content (AvgIpc) is 3.31. The Morgan fingerprint density at radius 3 is 2.57 bits per heavy atom. The number of benzene rings is 2. The van der Waals surface area contributed by atoms with Crippen molar-refractivity contribution >= 4 is 29.3 Å². The molecule has 0 radical (unpaired) electrons. The summed E-state index contributed by atoms with van der Waals surface area (Å²) in [5.41, 5.74) is 4.97. The number of aryl methyl sites for hydroxylation is 1. The van der Waals surface area contributed by atoms with E-state index >= 15 is 0 Å². The molecule has 1 aliphatic rings. The highest BCUT2D eigenvalue weighted by atomic mass is 32.1.